The molecule has 0 spiro atoms. The third-order valence-corrected chi connectivity index (χ3v) is 4.23. The van der Waals surface area contributed by atoms with Crippen LogP contribution in [0.3, 0.4) is 0 Å². The van der Waals surface area contributed by atoms with E-state index in [2.05, 4.69) is 16.1 Å². The van der Waals surface area contributed by atoms with Crippen molar-refractivity contribution >= 4 is 5.91 Å². The summed E-state index contributed by atoms with van der Waals surface area (Å²) in [4.78, 5) is 13.9. The fourth-order valence-corrected chi connectivity index (χ4v) is 2.90. The standard InChI is InChI=1S/C22H28F2N2O3/c1-16-12-17(2)14-20(13-16)28-11-10-26(3)15-21(27)25-9-8-18-4-6-19(7-5-18)29-22(23)24/h4-7,12-14,22H,8-11,15H2,1-3H3,(H,25,27). The van der Waals surface area contributed by atoms with Crippen molar-refractivity contribution in [1.29, 1.82) is 0 Å². The van der Waals surface area contributed by atoms with Crippen LogP contribution in [0.25, 0.3) is 0 Å². The summed E-state index contributed by atoms with van der Waals surface area (Å²) in [7, 11) is 1.87. The molecule has 29 heavy (non-hydrogen) atoms. The van der Waals surface area contributed by atoms with E-state index in [4.69, 9.17) is 4.74 Å². The van der Waals surface area contributed by atoms with Gasteiger partial charge in [0.1, 0.15) is 18.1 Å². The van der Waals surface area contributed by atoms with Crippen molar-refractivity contribution in [3.63, 3.8) is 0 Å². The highest BCUT2D eigenvalue weighted by Gasteiger charge is 2.07. The van der Waals surface area contributed by atoms with E-state index in [9.17, 15) is 13.6 Å². The molecule has 158 valence electrons. The van der Waals surface area contributed by atoms with Crippen LogP contribution in [0.4, 0.5) is 8.78 Å². The van der Waals surface area contributed by atoms with Gasteiger partial charge in [-0.2, -0.15) is 8.78 Å². The zero-order valence-electron chi connectivity index (χ0n) is 17.1. The second-order valence-corrected chi connectivity index (χ2v) is 7.03. The molecule has 0 atom stereocenters. The topological polar surface area (TPSA) is 50.8 Å². The Morgan fingerprint density at radius 3 is 2.34 bits per heavy atom. The summed E-state index contributed by atoms with van der Waals surface area (Å²) in [5.74, 6) is 0.888. The number of aryl methyl sites for hydroxylation is 2. The van der Waals surface area contributed by atoms with Gasteiger partial charge in [-0.15, -0.1) is 0 Å². The minimum atomic E-state index is -2.83. The number of hydrogen-bond donors (Lipinski definition) is 1. The number of nitrogens with zero attached hydrogens (tertiary/aromatic N) is 1. The lowest BCUT2D eigenvalue weighted by atomic mass is 10.1. The van der Waals surface area contributed by atoms with Gasteiger partial charge in [-0.25, -0.2) is 0 Å². The number of ether oxygens (including phenoxy) is 2. The van der Waals surface area contributed by atoms with Crippen molar-refractivity contribution in [2.45, 2.75) is 26.9 Å². The van der Waals surface area contributed by atoms with E-state index in [-0.39, 0.29) is 18.2 Å². The number of hydrogen-bond acceptors (Lipinski definition) is 4. The van der Waals surface area contributed by atoms with E-state index in [0.717, 1.165) is 22.4 Å². The molecule has 0 saturated heterocycles. The molecule has 0 saturated carbocycles. The van der Waals surface area contributed by atoms with Crippen LogP contribution < -0.4 is 14.8 Å². The summed E-state index contributed by atoms with van der Waals surface area (Å²) >= 11 is 0. The number of amides is 1. The molecule has 0 aliphatic carbocycles. The molecule has 0 aliphatic rings. The van der Waals surface area contributed by atoms with Crippen molar-refractivity contribution in [2.24, 2.45) is 0 Å². The number of likely N-dealkylation sites (N-methyl/N-ethyl adjacent to an activating group) is 1. The molecular weight excluding hydrogens is 378 g/mol. The van der Waals surface area contributed by atoms with Gasteiger partial charge >= 0.3 is 6.61 Å². The molecule has 0 radical (unpaired) electrons. The number of halogens is 2. The summed E-state index contributed by atoms with van der Waals surface area (Å²) in [5.41, 5.74) is 3.25. The first-order chi connectivity index (χ1) is 13.8. The summed E-state index contributed by atoms with van der Waals surface area (Å²) in [6, 6.07) is 12.5. The third kappa shape index (κ3) is 8.91. The number of nitrogens with one attached hydrogen (secondary N) is 1. The van der Waals surface area contributed by atoms with E-state index in [0.29, 0.717) is 26.1 Å². The summed E-state index contributed by atoms with van der Waals surface area (Å²) < 4.78 is 34.3. The highest BCUT2D eigenvalue weighted by Crippen LogP contribution is 2.16. The average molecular weight is 406 g/mol. The molecule has 0 unspecified atom stereocenters. The maximum atomic E-state index is 12.1. The number of benzene rings is 2. The highest BCUT2D eigenvalue weighted by molar-refractivity contribution is 5.77. The van der Waals surface area contributed by atoms with Crippen LogP contribution in [0.5, 0.6) is 11.5 Å². The lowest BCUT2D eigenvalue weighted by molar-refractivity contribution is -0.121. The van der Waals surface area contributed by atoms with E-state index in [1.807, 2.05) is 37.9 Å². The molecule has 0 heterocycles. The van der Waals surface area contributed by atoms with E-state index in [1.165, 1.54) is 12.1 Å². The molecule has 0 aliphatic heterocycles. The van der Waals surface area contributed by atoms with Gasteiger partial charge in [0.15, 0.2) is 0 Å². The van der Waals surface area contributed by atoms with Gasteiger partial charge < -0.3 is 14.8 Å². The summed E-state index contributed by atoms with van der Waals surface area (Å²) in [6.07, 6.45) is 0.611. The van der Waals surface area contributed by atoms with E-state index >= 15 is 0 Å². The monoisotopic (exact) mass is 406 g/mol. The van der Waals surface area contributed by atoms with Gasteiger partial charge in [0.2, 0.25) is 5.91 Å². The fourth-order valence-electron chi connectivity index (χ4n) is 2.90. The van der Waals surface area contributed by atoms with Crippen LogP contribution in [-0.2, 0) is 11.2 Å². The number of carbonyl (C=O) groups excluding carboxylic acids is 1. The molecule has 1 N–H and O–H groups in total. The first-order valence-corrected chi connectivity index (χ1v) is 9.52. The SMILES string of the molecule is Cc1cc(C)cc(OCCN(C)CC(=O)NCCc2ccc(OC(F)F)cc2)c1. The van der Waals surface area contributed by atoms with Gasteiger partial charge in [-0.05, 0) is 68.3 Å². The Bertz CT molecular complexity index is 762. The van der Waals surface area contributed by atoms with Crippen molar-refractivity contribution in [2.75, 3.05) is 33.3 Å². The molecular formula is C22H28F2N2O3. The first-order valence-electron chi connectivity index (χ1n) is 9.52. The molecule has 5 nitrogen and oxygen atoms in total. The second-order valence-electron chi connectivity index (χ2n) is 7.03. The predicted octanol–water partition coefficient (Wildman–Crippen LogP) is 3.57. The highest BCUT2D eigenvalue weighted by atomic mass is 19.3. The van der Waals surface area contributed by atoms with Crippen molar-refractivity contribution in [1.82, 2.24) is 10.2 Å². The lowest BCUT2D eigenvalue weighted by Crippen LogP contribution is -2.37. The van der Waals surface area contributed by atoms with Crippen LogP contribution in [0.15, 0.2) is 42.5 Å². The molecule has 2 aromatic rings. The zero-order valence-corrected chi connectivity index (χ0v) is 17.1. The molecule has 0 aromatic heterocycles. The minimum Gasteiger partial charge on any atom is -0.492 e. The van der Waals surface area contributed by atoms with Gasteiger partial charge in [0.25, 0.3) is 0 Å². The summed E-state index contributed by atoms with van der Waals surface area (Å²) in [5, 5.41) is 2.86. The van der Waals surface area contributed by atoms with Crippen molar-refractivity contribution in [3.05, 3.63) is 59.2 Å². The Morgan fingerprint density at radius 2 is 1.72 bits per heavy atom. The Kier molecular flexibility index (Phi) is 8.86. The fraction of sp³-hybridized carbons (Fsp3) is 0.409. The largest absolute Gasteiger partial charge is 0.492 e. The predicted molar refractivity (Wildman–Crippen MR) is 109 cm³/mol. The van der Waals surface area contributed by atoms with Crippen LogP contribution in [0.2, 0.25) is 0 Å². The normalized spacial score (nSPS) is 11.0. The molecule has 2 aromatic carbocycles. The molecule has 7 heteroatoms. The molecule has 2 rings (SSSR count). The van der Waals surface area contributed by atoms with Gasteiger partial charge in [0, 0.05) is 13.1 Å². The number of alkyl halides is 2. The minimum absolute atomic E-state index is 0.0726. The van der Waals surface area contributed by atoms with Crippen LogP contribution in [0, 0.1) is 13.8 Å². The maximum absolute atomic E-state index is 12.1. The van der Waals surface area contributed by atoms with E-state index < -0.39 is 6.61 Å². The smallest absolute Gasteiger partial charge is 0.387 e. The van der Waals surface area contributed by atoms with E-state index in [1.54, 1.807) is 12.1 Å². The molecule has 1 amide bonds. The second kappa shape index (κ2) is 11.4. The van der Waals surface area contributed by atoms with Crippen molar-refractivity contribution < 1.29 is 23.0 Å². The Balaban J connectivity index is 1.63. The Hall–Kier alpha value is -2.67. The van der Waals surface area contributed by atoms with Gasteiger partial charge in [-0.1, -0.05) is 18.2 Å². The Labute approximate surface area is 170 Å². The first kappa shape index (κ1) is 22.6. The number of carbonyl (C=O) groups is 1. The maximum Gasteiger partial charge on any atom is 0.387 e. The zero-order chi connectivity index (χ0) is 21.2. The van der Waals surface area contributed by atoms with Crippen LogP contribution in [0.1, 0.15) is 16.7 Å². The quantitative estimate of drug-likeness (QED) is 0.620. The van der Waals surface area contributed by atoms with Crippen LogP contribution >= 0.6 is 0 Å². The number of rotatable bonds is 11. The lowest BCUT2D eigenvalue weighted by Gasteiger charge is -2.17. The Morgan fingerprint density at radius 1 is 1.07 bits per heavy atom. The van der Waals surface area contributed by atoms with Gasteiger partial charge in [-0.3, -0.25) is 9.69 Å². The average Bonchev–Trinajstić information content (AvgIpc) is 2.62. The van der Waals surface area contributed by atoms with Crippen LogP contribution in [-0.4, -0.2) is 50.7 Å². The van der Waals surface area contributed by atoms with Crippen molar-refractivity contribution in [3.8, 4) is 11.5 Å². The molecule has 0 fully saturated rings. The third-order valence-electron chi connectivity index (χ3n) is 4.23. The van der Waals surface area contributed by atoms with Gasteiger partial charge in [0.05, 0.1) is 6.54 Å². The molecule has 0 bridgehead atoms. The summed E-state index contributed by atoms with van der Waals surface area (Å²) in [6.45, 7) is 3.11.